The van der Waals surface area contributed by atoms with E-state index in [1.54, 1.807) is 13.2 Å². The van der Waals surface area contributed by atoms with Gasteiger partial charge in [-0.25, -0.2) is 0 Å². The molecule has 0 spiro atoms. The lowest BCUT2D eigenvalue weighted by molar-refractivity contribution is -0.169. The van der Waals surface area contributed by atoms with Crippen molar-refractivity contribution in [2.45, 2.75) is 58.4 Å². The van der Waals surface area contributed by atoms with Gasteiger partial charge in [0, 0.05) is 6.04 Å². The van der Waals surface area contributed by atoms with Crippen LogP contribution in [-0.4, -0.2) is 45.9 Å². The third kappa shape index (κ3) is 6.63. The Morgan fingerprint density at radius 1 is 1.00 bits per heavy atom. The van der Waals surface area contributed by atoms with Crippen LogP contribution in [0.1, 0.15) is 51.5 Å². The van der Waals surface area contributed by atoms with E-state index in [0.29, 0.717) is 18.1 Å². The maximum absolute atomic E-state index is 12.2. The van der Waals surface area contributed by atoms with Crippen LogP contribution in [0.15, 0.2) is 18.2 Å². The van der Waals surface area contributed by atoms with Gasteiger partial charge >= 0.3 is 11.9 Å². The first-order valence-electron chi connectivity index (χ1n) is 10.1. The topological polar surface area (TPSA) is 97.1 Å². The lowest BCUT2D eigenvalue weighted by atomic mass is 9.79. The van der Waals surface area contributed by atoms with Gasteiger partial charge in [-0.2, -0.15) is 0 Å². The van der Waals surface area contributed by atoms with E-state index in [-0.39, 0.29) is 6.42 Å². The summed E-state index contributed by atoms with van der Waals surface area (Å²) in [5.74, 6) is -0.219. The largest absolute Gasteiger partial charge is 0.493 e. The number of hydrogen-bond donors (Lipinski definition) is 1. The summed E-state index contributed by atoms with van der Waals surface area (Å²) in [6.45, 7) is 4.25. The van der Waals surface area contributed by atoms with Gasteiger partial charge < -0.3 is 24.7 Å². The quantitative estimate of drug-likeness (QED) is 0.303. The fraction of sp³-hybridized carbons (Fsp3) is 0.636. The summed E-state index contributed by atoms with van der Waals surface area (Å²) >= 11 is 0. The monoisotopic (exact) mass is 409 g/mol. The summed E-state index contributed by atoms with van der Waals surface area (Å²) in [5.41, 5.74) is 5.43. The van der Waals surface area contributed by atoms with E-state index in [1.807, 2.05) is 12.1 Å². The average molecular weight is 410 g/mol. The molecule has 1 aromatic carbocycles. The molecule has 1 unspecified atom stereocenters. The molecular formula is C22H35NO6. The highest BCUT2D eigenvalue weighted by Crippen LogP contribution is 2.31. The summed E-state index contributed by atoms with van der Waals surface area (Å²) in [6, 6.07) is 4.64. The van der Waals surface area contributed by atoms with Crippen molar-refractivity contribution in [1.29, 1.82) is 0 Å². The number of benzene rings is 1. The zero-order chi connectivity index (χ0) is 21.9. The van der Waals surface area contributed by atoms with E-state index in [9.17, 15) is 9.59 Å². The molecule has 0 fully saturated rings. The molecule has 0 saturated carbocycles. The molecule has 0 aliphatic heterocycles. The van der Waals surface area contributed by atoms with Gasteiger partial charge in [0.05, 0.1) is 27.9 Å². The second-order valence-corrected chi connectivity index (χ2v) is 7.24. The minimum atomic E-state index is -1.61. The van der Waals surface area contributed by atoms with E-state index in [0.717, 1.165) is 18.4 Å². The first-order chi connectivity index (χ1) is 13.8. The zero-order valence-corrected chi connectivity index (χ0v) is 18.3. The second-order valence-electron chi connectivity index (χ2n) is 7.24. The Morgan fingerprint density at radius 3 is 2.17 bits per heavy atom. The fourth-order valence-corrected chi connectivity index (χ4v) is 3.11. The second kappa shape index (κ2) is 12.3. The maximum atomic E-state index is 12.2. The van der Waals surface area contributed by atoms with Crippen LogP contribution in [0, 0.1) is 5.41 Å². The molecule has 1 atom stereocenters. The molecule has 7 heteroatoms. The van der Waals surface area contributed by atoms with Crippen molar-refractivity contribution in [2.75, 3.05) is 27.9 Å². The summed E-state index contributed by atoms with van der Waals surface area (Å²) in [6.07, 6.45) is 6.06. The molecule has 0 aliphatic rings. The average Bonchev–Trinajstić information content (AvgIpc) is 2.74. The van der Waals surface area contributed by atoms with Crippen LogP contribution >= 0.6 is 0 Å². The molecule has 0 saturated heterocycles. The lowest BCUT2D eigenvalue weighted by Gasteiger charge is -2.30. The molecule has 1 rings (SSSR count). The fourth-order valence-electron chi connectivity index (χ4n) is 3.11. The summed E-state index contributed by atoms with van der Waals surface area (Å²) < 4.78 is 20.8. The van der Waals surface area contributed by atoms with Crippen LogP contribution in [0.5, 0.6) is 11.5 Å². The van der Waals surface area contributed by atoms with Crippen LogP contribution < -0.4 is 15.2 Å². The van der Waals surface area contributed by atoms with E-state index in [2.05, 4.69) is 6.92 Å². The number of unbranched alkanes of at least 4 members (excludes halogenated alkanes) is 4. The molecule has 29 heavy (non-hydrogen) atoms. The molecule has 2 N–H and O–H groups in total. The molecule has 164 valence electrons. The predicted molar refractivity (Wildman–Crippen MR) is 111 cm³/mol. The first kappa shape index (κ1) is 24.8. The van der Waals surface area contributed by atoms with Crippen molar-refractivity contribution >= 4 is 11.9 Å². The molecule has 0 aromatic heterocycles. The van der Waals surface area contributed by atoms with Gasteiger partial charge in [-0.3, -0.25) is 9.59 Å². The molecule has 0 heterocycles. The Morgan fingerprint density at radius 2 is 1.62 bits per heavy atom. The molecule has 7 nitrogen and oxygen atoms in total. The normalized spacial score (nSPS) is 12.2. The molecule has 0 amide bonds. The highest BCUT2D eigenvalue weighted by Gasteiger charge is 2.49. The predicted octanol–water partition coefficient (Wildman–Crippen LogP) is 3.27. The smallest absolute Gasteiger partial charge is 0.324 e. The summed E-state index contributed by atoms with van der Waals surface area (Å²) in [4.78, 5) is 24.4. The van der Waals surface area contributed by atoms with Gasteiger partial charge in [0.15, 0.2) is 16.9 Å². The van der Waals surface area contributed by atoms with Gasteiger partial charge in [0.2, 0.25) is 0 Å². The number of hydrogen-bond acceptors (Lipinski definition) is 7. The Hall–Kier alpha value is -2.28. The number of ether oxygens (including phenoxy) is 4. The van der Waals surface area contributed by atoms with Gasteiger partial charge in [-0.1, -0.05) is 38.7 Å². The Kier molecular flexibility index (Phi) is 10.5. The van der Waals surface area contributed by atoms with Crippen molar-refractivity contribution in [3.63, 3.8) is 0 Å². The van der Waals surface area contributed by atoms with Crippen molar-refractivity contribution in [1.82, 2.24) is 0 Å². The summed E-state index contributed by atoms with van der Waals surface area (Å²) in [7, 11) is 4.00. The minimum absolute atomic E-state index is 0.258. The number of nitrogens with two attached hydrogens (primary N) is 1. The van der Waals surface area contributed by atoms with E-state index in [1.165, 1.54) is 40.4 Å². The Labute approximate surface area is 173 Å². The lowest BCUT2D eigenvalue weighted by Crippen LogP contribution is -2.53. The van der Waals surface area contributed by atoms with Crippen LogP contribution in [-0.2, 0) is 25.5 Å². The number of rotatable bonds is 13. The highest BCUT2D eigenvalue weighted by molar-refractivity contribution is 6.00. The molecule has 0 radical (unpaired) electrons. The van der Waals surface area contributed by atoms with Crippen molar-refractivity contribution in [2.24, 2.45) is 11.1 Å². The molecular weight excluding hydrogens is 374 g/mol. The zero-order valence-electron chi connectivity index (χ0n) is 18.3. The standard InChI is InChI=1S/C22H35NO6/c1-6-7-8-9-10-13-29-17-12-11-16(14-18(17)26-3)15-19(23)22(2,20(24)27-4)21(25)28-5/h11-12,14,19H,6-10,13,15,23H2,1-5H3. The number of methoxy groups -OCH3 is 3. The molecule has 0 bridgehead atoms. The van der Waals surface area contributed by atoms with E-state index >= 15 is 0 Å². The molecule has 1 aromatic rings. The number of carbonyl (C=O) groups excluding carboxylic acids is 2. The maximum Gasteiger partial charge on any atom is 0.324 e. The highest BCUT2D eigenvalue weighted by atomic mass is 16.5. The van der Waals surface area contributed by atoms with Gasteiger partial charge in [0.1, 0.15) is 0 Å². The van der Waals surface area contributed by atoms with Crippen LogP contribution in [0.4, 0.5) is 0 Å². The third-order valence-corrected chi connectivity index (χ3v) is 5.15. The van der Waals surface area contributed by atoms with Gasteiger partial charge in [0.25, 0.3) is 0 Å². The number of esters is 2. The molecule has 0 aliphatic carbocycles. The first-order valence-corrected chi connectivity index (χ1v) is 10.1. The summed E-state index contributed by atoms with van der Waals surface area (Å²) in [5, 5.41) is 0. The van der Waals surface area contributed by atoms with Crippen molar-refractivity contribution in [3.05, 3.63) is 23.8 Å². The minimum Gasteiger partial charge on any atom is -0.493 e. The Balaban J connectivity index is 2.83. The third-order valence-electron chi connectivity index (χ3n) is 5.15. The van der Waals surface area contributed by atoms with E-state index < -0.39 is 23.4 Å². The van der Waals surface area contributed by atoms with Gasteiger partial charge in [-0.05, 0) is 37.5 Å². The van der Waals surface area contributed by atoms with Crippen LogP contribution in [0.3, 0.4) is 0 Å². The SMILES string of the molecule is CCCCCCCOc1ccc(CC(N)C(C)(C(=O)OC)C(=O)OC)cc1OC. The van der Waals surface area contributed by atoms with E-state index in [4.69, 9.17) is 24.7 Å². The van der Waals surface area contributed by atoms with Crippen LogP contribution in [0.2, 0.25) is 0 Å². The van der Waals surface area contributed by atoms with Crippen LogP contribution in [0.25, 0.3) is 0 Å². The van der Waals surface area contributed by atoms with Gasteiger partial charge in [-0.15, -0.1) is 0 Å². The van der Waals surface area contributed by atoms with Crippen molar-refractivity contribution in [3.8, 4) is 11.5 Å². The van der Waals surface area contributed by atoms with Crippen molar-refractivity contribution < 1.29 is 28.5 Å². The Bertz CT molecular complexity index is 645. The number of carbonyl (C=O) groups is 2.